The van der Waals surface area contributed by atoms with Crippen LogP contribution in [0.25, 0.3) is 0 Å². The summed E-state index contributed by atoms with van der Waals surface area (Å²) < 4.78 is 5.41. The Kier molecular flexibility index (Phi) is 6.39. The van der Waals surface area contributed by atoms with Crippen molar-refractivity contribution in [2.24, 2.45) is 10.9 Å². The summed E-state index contributed by atoms with van der Waals surface area (Å²) in [5.74, 6) is 0.799. The first-order chi connectivity index (χ1) is 11.9. The Labute approximate surface area is 159 Å². The minimum absolute atomic E-state index is 0.156. The molecule has 0 aromatic rings. The third-order valence-corrected chi connectivity index (χ3v) is 4.70. The number of amidine groups is 1. The second-order valence-corrected chi connectivity index (χ2v) is 9.34. The molecule has 0 bridgehead atoms. The fourth-order valence-electron chi connectivity index (χ4n) is 2.62. The van der Waals surface area contributed by atoms with Crippen LogP contribution in [-0.2, 0) is 4.74 Å². The number of piperidine rings is 1. The Balaban J connectivity index is 1.96. The van der Waals surface area contributed by atoms with Gasteiger partial charge in [-0.15, -0.1) is 0 Å². The fourth-order valence-corrected chi connectivity index (χ4v) is 3.44. The van der Waals surface area contributed by atoms with Gasteiger partial charge in [0.1, 0.15) is 11.4 Å². The van der Waals surface area contributed by atoms with Gasteiger partial charge >= 0.3 is 6.09 Å². The number of rotatable bonds is 3. The van der Waals surface area contributed by atoms with Crippen LogP contribution in [0.3, 0.4) is 0 Å². The van der Waals surface area contributed by atoms with Crippen molar-refractivity contribution >= 4 is 28.9 Å². The van der Waals surface area contributed by atoms with Crippen molar-refractivity contribution < 1.29 is 19.4 Å². The number of likely N-dealkylation sites (tertiary alicyclic amines) is 1. The molecule has 2 fully saturated rings. The van der Waals surface area contributed by atoms with Crippen molar-refractivity contribution in [2.45, 2.75) is 58.7 Å². The average molecular weight is 384 g/mol. The monoisotopic (exact) mass is 383 g/mol. The van der Waals surface area contributed by atoms with Gasteiger partial charge in [0, 0.05) is 13.1 Å². The Morgan fingerprint density at radius 2 is 1.96 bits per heavy atom. The fraction of sp³-hybridized carbons (Fsp3) is 0.722. The van der Waals surface area contributed by atoms with E-state index in [4.69, 9.17) is 4.74 Å². The summed E-state index contributed by atoms with van der Waals surface area (Å²) in [4.78, 5) is 30.7. The Morgan fingerprint density at radius 3 is 2.50 bits per heavy atom. The number of hydrogen-bond donors (Lipinski definition) is 2. The van der Waals surface area contributed by atoms with Crippen molar-refractivity contribution in [2.75, 3.05) is 19.6 Å². The number of amides is 2. The summed E-state index contributed by atoms with van der Waals surface area (Å²) >= 11 is 1.13. The Morgan fingerprint density at radius 1 is 1.35 bits per heavy atom. The van der Waals surface area contributed by atoms with Gasteiger partial charge in [-0.2, -0.15) is 0 Å². The number of allylic oxidation sites excluding steroid dienone is 1. The van der Waals surface area contributed by atoms with Crippen LogP contribution in [0.2, 0.25) is 0 Å². The molecule has 0 atom stereocenters. The molecule has 2 amide bonds. The molecule has 2 aliphatic rings. The maximum Gasteiger partial charge on any atom is 0.410 e. The molecule has 2 rings (SSSR count). The molecule has 2 heterocycles. The highest BCUT2D eigenvalue weighted by molar-refractivity contribution is 8.18. The highest BCUT2D eigenvalue weighted by Gasteiger charge is 2.29. The summed E-state index contributed by atoms with van der Waals surface area (Å²) in [6.45, 7) is 10.4. The SMILES string of the molecule is CC(C)(O)CN=C1NC(=O)S/C1=C\C1CCN(C(=O)OC(C)(C)C)CC1. The van der Waals surface area contributed by atoms with Gasteiger partial charge in [-0.1, -0.05) is 6.08 Å². The molecule has 146 valence electrons. The Hall–Kier alpha value is -1.54. The third-order valence-electron chi connectivity index (χ3n) is 3.86. The van der Waals surface area contributed by atoms with Crippen LogP contribution in [0.15, 0.2) is 16.0 Å². The molecule has 2 saturated heterocycles. The number of aliphatic imine (C=N–C) groups is 1. The topological polar surface area (TPSA) is 91.2 Å². The number of ether oxygens (including phenoxy) is 1. The molecule has 2 aliphatic heterocycles. The molecule has 26 heavy (non-hydrogen) atoms. The van der Waals surface area contributed by atoms with E-state index in [9.17, 15) is 14.7 Å². The lowest BCUT2D eigenvalue weighted by Gasteiger charge is -2.32. The van der Waals surface area contributed by atoms with E-state index in [1.165, 1.54) is 0 Å². The van der Waals surface area contributed by atoms with Gasteiger partial charge in [-0.25, -0.2) is 4.79 Å². The standard InChI is InChI=1S/C18H29N3O4S/c1-17(2,3)25-16(23)21-8-6-12(7-9-21)10-13-14(20-15(22)26-13)19-11-18(4,5)24/h10,12,24H,6-9,11H2,1-5H3,(H,19,20,22)/b13-10-. The highest BCUT2D eigenvalue weighted by atomic mass is 32.2. The molecule has 2 N–H and O–H groups in total. The zero-order chi connectivity index (χ0) is 19.5. The maximum atomic E-state index is 12.1. The number of carbonyl (C=O) groups excluding carboxylic acids is 2. The number of carbonyl (C=O) groups is 2. The number of hydrogen-bond acceptors (Lipinski definition) is 6. The Bertz CT molecular complexity index is 609. The van der Waals surface area contributed by atoms with Gasteiger partial charge in [0.15, 0.2) is 0 Å². The first-order valence-corrected chi connectivity index (χ1v) is 9.70. The van der Waals surface area contributed by atoms with Crippen LogP contribution in [-0.4, -0.2) is 58.0 Å². The predicted octanol–water partition coefficient (Wildman–Crippen LogP) is 3.14. The minimum atomic E-state index is -0.922. The number of aliphatic hydroxyl groups is 1. The molecular formula is C18H29N3O4S. The molecule has 0 radical (unpaired) electrons. The van der Waals surface area contributed by atoms with Crippen LogP contribution in [0.5, 0.6) is 0 Å². The molecule has 7 nitrogen and oxygen atoms in total. The van der Waals surface area contributed by atoms with Crippen molar-refractivity contribution in [3.05, 3.63) is 11.0 Å². The molecule has 0 saturated carbocycles. The van der Waals surface area contributed by atoms with Crippen LogP contribution >= 0.6 is 11.8 Å². The summed E-state index contributed by atoms with van der Waals surface area (Å²) in [6, 6.07) is 0. The second kappa shape index (κ2) is 8.00. The van der Waals surface area contributed by atoms with E-state index in [1.54, 1.807) is 18.7 Å². The van der Waals surface area contributed by atoms with Crippen molar-refractivity contribution in [1.29, 1.82) is 0 Å². The van der Waals surface area contributed by atoms with Gasteiger partial charge in [-0.05, 0) is 65.1 Å². The van der Waals surface area contributed by atoms with Crippen LogP contribution < -0.4 is 5.32 Å². The highest BCUT2D eigenvalue weighted by Crippen LogP contribution is 2.29. The largest absolute Gasteiger partial charge is 0.444 e. The molecule has 8 heteroatoms. The summed E-state index contributed by atoms with van der Waals surface area (Å²) in [7, 11) is 0. The van der Waals surface area contributed by atoms with E-state index in [2.05, 4.69) is 16.4 Å². The first-order valence-electron chi connectivity index (χ1n) is 8.89. The number of nitrogens with one attached hydrogen (secondary N) is 1. The van der Waals surface area contributed by atoms with E-state index in [1.807, 2.05) is 20.8 Å². The molecule has 0 aliphatic carbocycles. The molecule has 0 unspecified atom stereocenters. The van der Waals surface area contributed by atoms with E-state index in [0.29, 0.717) is 18.9 Å². The first kappa shape index (κ1) is 20.8. The minimum Gasteiger partial charge on any atom is -0.444 e. The van der Waals surface area contributed by atoms with E-state index < -0.39 is 11.2 Å². The van der Waals surface area contributed by atoms with Gasteiger partial charge in [-0.3, -0.25) is 9.79 Å². The lowest BCUT2D eigenvalue weighted by Crippen LogP contribution is -2.41. The lowest BCUT2D eigenvalue weighted by molar-refractivity contribution is 0.0197. The third kappa shape index (κ3) is 6.64. The van der Waals surface area contributed by atoms with Crippen LogP contribution in [0.4, 0.5) is 9.59 Å². The second-order valence-electron chi connectivity index (χ2n) is 8.33. The van der Waals surface area contributed by atoms with Crippen LogP contribution in [0, 0.1) is 5.92 Å². The lowest BCUT2D eigenvalue weighted by atomic mass is 9.96. The van der Waals surface area contributed by atoms with Gasteiger partial charge in [0.05, 0.1) is 17.1 Å². The average Bonchev–Trinajstić information content (AvgIpc) is 2.83. The van der Waals surface area contributed by atoms with E-state index in [0.717, 1.165) is 29.5 Å². The van der Waals surface area contributed by atoms with Gasteiger partial charge in [0.2, 0.25) is 0 Å². The zero-order valence-electron chi connectivity index (χ0n) is 16.2. The summed E-state index contributed by atoms with van der Waals surface area (Å²) in [6.07, 6.45) is 3.41. The van der Waals surface area contributed by atoms with E-state index >= 15 is 0 Å². The van der Waals surface area contributed by atoms with Crippen molar-refractivity contribution in [3.63, 3.8) is 0 Å². The van der Waals surface area contributed by atoms with Gasteiger partial charge in [0.25, 0.3) is 5.24 Å². The van der Waals surface area contributed by atoms with Crippen molar-refractivity contribution in [3.8, 4) is 0 Å². The molecule has 0 spiro atoms. The number of thioether (sulfide) groups is 1. The molecule has 0 aromatic carbocycles. The zero-order valence-corrected chi connectivity index (χ0v) is 17.0. The summed E-state index contributed by atoms with van der Waals surface area (Å²) in [5.41, 5.74) is -1.41. The number of nitrogens with zero attached hydrogens (tertiary/aromatic N) is 2. The van der Waals surface area contributed by atoms with Crippen LogP contribution in [0.1, 0.15) is 47.5 Å². The quantitative estimate of drug-likeness (QED) is 0.781. The van der Waals surface area contributed by atoms with Crippen molar-refractivity contribution in [1.82, 2.24) is 10.2 Å². The molecule has 0 aromatic heterocycles. The predicted molar refractivity (Wildman–Crippen MR) is 103 cm³/mol. The molecular weight excluding hydrogens is 354 g/mol. The summed E-state index contributed by atoms with van der Waals surface area (Å²) in [5, 5.41) is 12.4. The maximum absolute atomic E-state index is 12.1. The smallest absolute Gasteiger partial charge is 0.410 e. The van der Waals surface area contributed by atoms with Gasteiger partial charge < -0.3 is 20.1 Å². The van der Waals surface area contributed by atoms with E-state index in [-0.39, 0.29) is 23.8 Å². The normalized spacial score (nSPS) is 22.8.